The molecule has 6 heteroatoms. The summed E-state index contributed by atoms with van der Waals surface area (Å²) in [6.07, 6.45) is 2.91. The van der Waals surface area contributed by atoms with Crippen LogP contribution in [0.5, 0.6) is 5.75 Å². The minimum Gasteiger partial charge on any atom is -0.487 e. The second kappa shape index (κ2) is 9.02. The van der Waals surface area contributed by atoms with Crippen LogP contribution in [0.4, 0.5) is 11.4 Å². The maximum absolute atomic E-state index is 13.6. The first-order chi connectivity index (χ1) is 16.8. The lowest BCUT2D eigenvalue weighted by Gasteiger charge is -2.36. The molecule has 35 heavy (non-hydrogen) atoms. The molecule has 2 aromatic carbocycles. The molecule has 2 aliphatic rings. The van der Waals surface area contributed by atoms with Crippen molar-refractivity contribution in [2.24, 2.45) is 5.41 Å². The number of nitrogens with zero attached hydrogens (tertiary/aromatic N) is 2. The van der Waals surface area contributed by atoms with Crippen LogP contribution in [-0.4, -0.2) is 16.7 Å². The van der Waals surface area contributed by atoms with Crippen molar-refractivity contribution in [1.29, 1.82) is 0 Å². The smallest absolute Gasteiger partial charge is 0.224 e. The Bertz CT molecular complexity index is 1300. The maximum Gasteiger partial charge on any atom is 0.224 e. The molecule has 2 heterocycles. The zero-order chi connectivity index (χ0) is 24.6. The molecule has 3 aromatic rings. The van der Waals surface area contributed by atoms with Crippen molar-refractivity contribution in [1.82, 2.24) is 4.98 Å². The topological polar surface area (TPSA) is 71.5 Å². The molecule has 1 aliphatic carbocycles. The molecular formula is C29H29N3O3. The first kappa shape index (κ1) is 22.8. The first-order valence-corrected chi connectivity index (χ1v) is 11.9. The first-order valence-electron chi connectivity index (χ1n) is 11.9. The Labute approximate surface area is 205 Å². The van der Waals surface area contributed by atoms with Gasteiger partial charge in [0, 0.05) is 30.8 Å². The molecule has 0 spiro atoms. The molecule has 1 atom stereocenters. The molecule has 6 nitrogen and oxygen atoms in total. The highest BCUT2D eigenvalue weighted by Crippen LogP contribution is 2.48. The number of para-hydroxylation sites is 2. The van der Waals surface area contributed by atoms with Gasteiger partial charge in [-0.05, 0) is 53.8 Å². The zero-order valence-electron chi connectivity index (χ0n) is 20.2. The van der Waals surface area contributed by atoms with Crippen LogP contribution in [0.3, 0.4) is 0 Å². The van der Waals surface area contributed by atoms with Crippen molar-refractivity contribution in [3.05, 3.63) is 95.5 Å². The number of ether oxygens (including phenoxy) is 1. The number of nitrogens with one attached hydrogen (secondary N) is 1. The van der Waals surface area contributed by atoms with E-state index < -0.39 is 6.04 Å². The molecular weight excluding hydrogens is 438 g/mol. The Kier molecular flexibility index (Phi) is 5.89. The van der Waals surface area contributed by atoms with Gasteiger partial charge in [-0.3, -0.25) is 19.5 Å². The van der Waals surface area contributed by atoms with Crippen LogP contribution in [0.2, 0.25) is 0 Å². The second-order valence-corrected chi connectivity index (χ2v) is 9.95. The second-order valence-electron chi connectivity index (χ2n) is 9.95. The number of anilines is 2. The number of fused-ring (bicyclic) bond motifs is 1. The predicted octanol–water partition coefficient (Wildman–Crippen LogP) is 5.82. The van der Waals surface area contributed by atoms with Gasteiger partial charge < -0.3 is 10.1 Å². The number of pyridine rings is 1. The summed E-state index contributed by atoms with van der Waals surface area (Å²) in [5.74, 6) is 0.653. The summed E-state index contributed by atoms with van der Waals surface area (Å²) in [5.41, 5.74) is 4.71. The van der Waals surface area contributed by atoms with Gasteiger partial charge in [-0.25, -0.2) is 0 Å². The average Bonchev–Trinajstić information content (AvgIpc) is 2.97. The van der Waals surface area contributed by atoms with Gasteiger partial charge in [-0.1, -0.05) is 44.2 Å². The van der Waals surface area contributed by atoms with Crippen molar-refractivity contribution in [3.63, 3.8) is 0 Å². The van der Waals surface area contributed by atoms with Gasteiger partial charge in [-0.2, -0.15) is 0 Å². The van der Waals surface area contributed by atoms with E-state index >= 15 is 0 Å². The lowest BCUT2D eigenvalue weighted by Crippen LogP contribution is -2.38. The number of amides is 1. The van der Waals surface area contributed by atoms with E-state index in [1.807, 2.05) is 66.7 Å². The largest absolute Gasteiger partial charge is 0.487 e. The SMILES string of the molecule is CC(=O)N1c2ccccc2NC2=C(C(=O)CC(C)(C)C2)C1c1ccc(OCc2ccccn2)cc1. The fraction of sp³-hybridized carbons (Fsp3) is 0.276. The van der Waals surface area contributed by atoms with Gasteiger partial charge in [0.15, 0.2) is 5.78 Å². The Balaban J connectivity index is 1.56. The van der Waals surface area contributed by atoms with Gasteiger partial charge >= 0.3 is 0 Å². The third-order valence-corrected chi connectivity index (χ3v) is 6.55. The van der Waals surface area contributed by atoms with Crippen molar-refractivity contribution < 1.29 is 14.3 Å². The molecule has 1 N–H and O–H groups in total. The van der Waals surface area contributed by atoms with E-state index in [0.717, 1.165) is 34.8 Å². The summed E-state index contributed by atoms with van der Waals surface area (Å²) in [6.45, 7) is 6.14. The number of carbonyl (C=O) groups excluding carboxylic acids is 2. The molecule has 5 rings (SSSR count). The number of rotatable bonds is 4. The molecule has 0 radical (unpaired) electrons. The average molecular weight is 468 g/mol. The molecule has 1 unspecified atom stereocenters. The van der Waals surface area contributed by atoms with Gasteiger partial charge in [0.2, 0.25) is 5.91 Å². The van der Waals surface area contributed by atoms with E-state index in [9.17, 15) is 9.59 Å². The van der Waals surface area contributed by atoms with Crippen LogP contribution < -0.4 is 15.0 Å². The molecule has 0 saturated heterocycles. The van der Waals surface area contributed by atoms with Crippen LogP contribution in [0.25, 0.3) is 0 Å². The van der Waals surface area contributed by atoms with Crippen LogP contribution in [-0.2, 0) is 16.2 Å². The summed E-state index contributed by atoms with van der Waals surface area (Å²) < 4.78 is 5.91. The Morgan fingerprint density at radius 2 is 1.80 bits per heavy atom. The number of carbonyl (C=O) groups is 2. The van der Waals surface area contributed by atoms with Gasteiger partial charge in [-0.15, -0.1) is 0 Å². The lowest BCUT2D eigenvalue weighted by molar-refractivity contribution is -0.118. The summed E-state index contributed by atoms with van der Waals surface area (Å²) in [4.78, 5) is 32.7. The number of aromatic nitrogens is 1. The highest BCUT2D eigenvalue weighted by Gasteiger charge is 2.42. The predicted molar refractivity (Wildman–Crippen MR) is 136 cm³/mol. The van der Waals surface area contributed by atoms with Crippen molar-refractivity contribution >= 4 is 23.1 Å². The number of hydrogen-bond acceptors (Lipinski definition) is 5. The highest BCUT2D eigenvalue weighted by molar-refractivity contribution is 6.05. The minimum atomic E-state index is -0.521. The molecule has 0 saturated carbocycles. The molecule has 1 aromatic heterocycles. The molecule has 0 bridgehead atoms. The number of allylic oxidation sites excluding steroid dienone is 1. The minimum absolute atomic E-state index is 0.0725. The van der Waals surface area contributed by atoms with Gasteiger partial charge in [0.05, 0.1) is 23.1 Å². The third kappa shape index (κ3) is 4.56. The van der Waals surface area contributed by atoms with E-state index in [4.69, 9.17) is 4.74 Å². The zero-order valence-corrected chi connectivity index (χ0v) is 20.2. The lowest BCUT2D eigenvalue weighted by atomic mass is 9.73. The van der Waals surface area contributed by atoms with Crippen molar-refractivity contribution in [2.75, 3.05) is 10.2 Å². The number of benzene rings is 2. The van der Waals surface area contributed by atoms with E-state index in [1.165, 1.54) is 0 Å². The van der Waals surface area contributed by atoms with E-state index in [2.05, 4.69) is 24.1 Å². The summed E-state index contributed by atoms with van der Waals surface area (Å²) in [7, 11) is 0. The Morgan fingerprint density at radius 3 is 2.51 bits per heavy atom. The monoisotopic (exact) mass is 467 g/mol. The number of Topliss-reactive ketones (excluding diaryl/α,β-unsaturated/α-hetero) is 1. The quantitative estimate of drug-likeness (QED) is 0.523. The van der Waals surface area contributed by atoms with Crippen LogP contribution >= 0.6 is 0 Å². The van der Waals surface area contributed by atoms with Gasteiger partial charge in [0.25, 0.3) is 0 Å². The molecule has 1 aliphatic heterocycles. The van der Waals surface area contributed by atoms with Crippen LogP contribution in [0.1, 0.15) is 50.9 Å². The van der Waals surface area contributed by atoms with Crippen molar-refractivity contribution in [3.8, 4) is 5.75 Å². The number of ketones is 1. The Morgan fingerprint density at radius 1 is 1.06 bits per heavy atom. The normalized spacial score (nSPS) is 18.8. The van der Waals surface area contributed by atoms with Crippen LogP contribution in [0, 0.1) is 5.41 Å². The van der Waals surface area contributed by atoms with E-state index in [1.54, 1.807) is 18.0 Å². The Hall–Kier alpha value is -3.93. The number of hydrogen-bond donors (Lipinski definition) is 1. The standard InChI is InChI=1S/C29H29N3O3/c1-19(33)32-25-10-5-4-9-23(25)31-24-16-29(2,3)17-26(34)27(24)28(32)20-11-13-22(14-12-20)35-18-21-8-6-7-15-30-21/h4-15,28,31H,16-18H2,1-3H3. The van der Waals surface area contributed by atoms with Crippen LogP contribution in [0.15, 0.2) is 84.2 Å². The molecule has 0 fully saturated rings. The van der Waals surface area contributed by atoms with E-state index in [-0.39, 0.29) is 17.1 Å². The fourth-order valence-electron chi connectivity index (χ4n) is 5.04. The molecule has 178 valence electrons. The van der Waals surface area contributed by atoms with E-state index in [0.29, 0.717) is 24.4 Å². The summed E-state index contributed by atoms with van der Waals surface area (Å²) in [6, 6.07) is 20.6. The van der Waals surface area contributed by atoms with Gasteiger partial charge in [0.1, 0.15) is 12.4 Å². The highest BCUT2D eigenvalue weighted by atomic mass is 16.5. The van der Waals surface area contributed by atoms with Crippen molar-refractivity contribution in [2.45, 2.75) is 46.3 Å². The fourth-order valence-corrected chi connectivity index (χ4v) is 5.04. The summed E-state index contributed by atoms with van der Waals surface area (Å²) >= 11 is 0. The maximum atomic E-state index is 13.6. The molecule has 1 amide bonds. The summed E-state index contributed by atoms with van der Waals surface area (Å²) in [5, 5.41) is 3.52. The third-order valence-electron chi connectivity index (χ3n) is 6.55.